The number of aromatic nitrogens is 1. The van der Waals surface area contributed by atoms with Crippen LogP contribution < -0.4 is 16.4 Å². The highest BCUT2D eigenvalue weighted by atomic mass is 32.1. The fraction of sp³-hybridized carbons (Fsp3) is 0.100. The van der Waals surface area contributed by atoms with Crippen LogP contribution in [0.15, 0.2) is 54.6 Å². The molecule has 0 bridgehead atoms. The molecule has 1 atom stereocenters. The van der Waals surface area contributed by atoms with Crippen molar-refractivity contribution in [1.29, 1.82) is 5.26 Å². The summed E-state index contributed by atoms with van der Waals surface area (Å²) in [6.45, 7) is 1.64. The van der Waals surface area contributed by atoms with E-state index in [2.05, 4.69) is 4.98 Å². The van der Waals surface area contributed by atoms with Crippen molar-refractivity contribution >= 4 is 39.7 Å². The van der Waals surface area contributed by atoms with Crippen LogP contribution >= 0.6 is 11.3 Å². The Morgan fingerprint density at radius 1 is 1.14 bits per heavy atom. The maximum atomic E-state index is 12.8. The number of primary amides is 1. The van der Waals surface area contributed by atoms with E-state index in [0.29, 0.717) is 21.9 Å². The zero-order valence-electron chi connectivity index (χ0n) is 15.0. The number of rotatable bonds is 6. The fourth-order valence-electron chi connectivity index (χ4n) is 2.63. The van der Waals surface area contributed by atoms with Crippen molar-refractivity contribution in [2.45, 2.75) is 13.0 Å². The first kappa shape index (κ1) is 19.1. The number of ketones is 1. The summed E-state index contributed by atoms with van der Waals surface area (Å²) in [7, 11) is 0. The summed E-state index contributed by atoms with van der Waals surface area (Å²) in [6.07, 6.45) is 0. The van der Waals surface area contributed by atoms with Crippen molar-refractivity contribution in [3.05, 3.63) is 70.6 Å². The van der Waals surface area contributed by atoms with E-state index in [0.717, 1.165) is 11.3 Å². The van der Waals surface area contributed by atoms with Crippen LogP contribution in [-0.4, -0.2) is 22.7 Å². The Balaban J connectivity index is 2.05. The molecule has 0 spiro atoms. The van der Waals surface area contributed by atoms with E-state index in [1.165, 1.54) is 0 Å². The molecule has 1 heterocycles. The molecule has 8 heteroatoms. The van der Waals surface area contributed by atoms with Gasteiger partial charge < -0.3 is 16.4 Å². The molecular weight excluding hydrogens is 374 g/mol. The highest BCUT2D eigenvalue weighted by molar-refractivity contribution is 7.18. The molecule has 0 saturated heterocycles. The largest absolute Gasteiger partial charge is 0.382 e. The second-order valence-corrected chi connectivity index (χ2v) is 6.99. The topological polar surface area (TPSA) is 126 Å². The standard InChI is InChI=1S/C20H17N5O2S/c1-12(19(23)27)25(15-9-7-13(11-21)8-10-15)20-24-18(22)17(28-20)16(26)14-5-3-2-4-6-14/h2-10,12H,22H2,1H3,(H2,23,27)/t12-/m1/s1. The molecule has 0 aliphatic carbocycles. The van der Waals surface area contributed by atoms with Crippen LogP contribution in [0.5, 0.6) is 0 Å². The first-order valence-corrected chi connectivity index (χ1v) is 9.18. The van der Waals surface area contributed by atoms with Gasteiger partial charge in [-0.25, -0.2) is 4.98 Å². The van der Waals surface area contributed by atoms with Gasteiger partial charge >= 0.3 is 0 Å². The SMILES string of the molecule is C[C@H](C(N)=O)N(c1ccc(C#N)cc1)c1nc(N)c(C(=O)c2ccccc2)s1. The molecule has 0 radical (unpaired) electrons. The Bertz CT molecular complexity index is 1050. The number of nitriles is 1. The summed E-state index contributed by atoms with van der Waals surface area (Å²) < 4.78 is 0. The maximum Gasteiger partial charge on any atom is 0.240 e. The van der Waals surface area contributed by atoms with Gasteiger partial charge in [0.2, 0.25) is 11.7 Å². The van der Waals surface area contributed by atoms with Gasteiger partial charge in [0.05, 0.1) is 11.6 Å². The number of nitrogen functional groups attached to an aromatic ring is 1. The fourth-order valence-corrected chi connectivity index (χ4v) is 3.68. The van der Waals surface area contributed by atoms with E-state index in [4.69, 9.17) is 16.7 Å². The molecular formula is C20H17N5O2S. The second-order valence-electron chi connectivity index (χ2n) is 6.01. The van der Waals surface area contributed by atoms with Crippen molar-refractivity contribution in [1.82, 2.24) is 4.98 Å². The zero-order chi connectivity index (χ0) is 20.3. The molecule has 140 valence electrons. The van der Waals surface area contributed by atoms with Crippen LogP contribution in [0.4, 0.5) is 16.6 Å². The number of nitrogens with two attached hydrogens (primary N) is 2. The van der Waals surface area contributed by atoms with Crippen molar-refractivity contribution in [2.24, 2.45) is 5.73 Å². The highest BCUT2D eigenvalue weighted by Crippen LogP contribution is 2.35. The third-order valence-corrected chi connectivity index (χ3v) is 5.23. The Morgan fingerprint density at radius 3 is 2.36 bits per heavy atom. The number of thiazole rings is 1. The molecule has 0 fully saturated rings. The van der Waals surface area contributed by atoms with Gasteiger partial charge in [0.25, 0.3) is 0 Å². The lowest BCUT2D eigenvalue weighted by molar-refractivity contribution is -0.118. The quantitative estimate of drug-likeness (QED) is 0.622. The predicted molar refractivity (Wildman–Crippen MR) is 108 cm³/mol. The Morgan fingerprint density at radius 2 is 1.79 bits per heavy atom. The van der Waals surface area contributed by atoms with Gasteiger partial charge in [0.1, 0.15) is 16.7 Å². The monoisotopic (exact) mass is 391 g/mol. The summed E-state index contributed by atoms with van der Waals surface area (Å²) in [5.41, 5.74) is 13.1. The number of amides is 1. The smallest absolute Gasteiger partial charge is 0.240 e. The minimum Gasteiger partial charge on any atom is -0.382 e. The van der Waals surface area contributed by atoms with Gasteiger partial charge in [0, 0.05) is 11.3 Å². The van der Waals surface area contributed by atoms with Gasteiger partial charge in [-0.1, -0.05) is 41.7 Å². The number of carbonyl (C=O) groups is 2. The van der Waals surface area contributed by atoms with Gasteiger partial charge in [0.15, 0.2) is 5.13 Å². The van der Waals surface area contributed by atoms with Crippen molar-refractivity contribution < 1.29 is 9.59 Å². The van der Waals surface area contributed by atoms with E-state index >= 15 is 0 Å². The third-order valence-electron chi connectivity index (χ3n) is 4.16. The predicted octanol–water partition coefficient (Wildman–Crippen LogP) is 2.84. The molecule has 1 aromatic heterocycles. The lowest BCUT2D eigenvalue weighted by Gasteiger charge is -2.26. The summed E-state index contributed by atoms with van der Waals surface area (Å²) >= 11 is 1.09. The van der Waals surface area contributed by atoms with Crippen LogP contribution in [0.3, 0.4) is 0 Å². The molecule has 0 aliphatic heterocycles. The number of nitrogens with zero attached hydrogens (tertiary/aromatic N) is 3. The van der Waals surface area contributed by atoms with Crippen molar-refractivity contribution in [3.63, 3.8) is 0 Å². The van der Waals surface area contributed by atoms with Crippen LogP contribution in [0.25, 0.3) is 0 Å². The minimum absolute atomic E-state index is 0.0872. The molecule has 3 rings (SSSR count). The Labute approximate surface area is 165 Å². The third kappa shape index (κ3) is 3.70. The highest BCUT2D eigenvalue weighted by Gasteiger charge is 2.27. The minimum atomic E-state index is -0.738. The van der Waals surface area contributed by atoms with Gasteiger partial charge in [-0.2, -0.15) is 5.26 Å². The van der Waals surface area contributed by atoms with Crippen LogP contribution in [0, 0.1) is 11.3 Å². The summed E-state index contributed by atoms with van der Waals surface area (Å²) in [5, 5.41) is 9.36. The van der Waals surface area contributed by atoms with Crippen LogP contribution in [-0.2, 0) is 4.79 Å². The molecule has 28 heavy (non-hydrogen) atoms. The molecule has 0 unspecified atom stereocenters. The van der Waals surface area contributed by atoms with Gasteiger partial charge in [-0.05, 0) is 31.2 Å². The molecule has 1 amide bonds. The summed E-state index contributed by atoms with van der Waals surface area (Å²) in [5.74, 6) is -0.716. The Kier molecular flexibility index (Phi) is 5.38. The van der Waals surface area contributed by atoms with Crippen LogP contribution in [0.1, 0.15) is 27.7 Å². The van der Waals surface area contributed by atoms with Gasteiger partial charge in [-0.15, -0.1) is 0 Å². The van der Waals surface area contributed by atoms with Gasteiger partial charge in [-0.3, -0.25) is 9.59 Å². The average molecular weight is 391 g/mol. The number of anilines is 3. The molecule has 4 N–H and O–H groups in total. The van der Waals surface area contributed by atoms with Crippen molar-refractivity contribution in [2.75, 3.05) is 10.6 Å². The molecule has 2 aromatic carbocycles. The summed E-state index contributed by atoms with van der Waals surface area (Å²) in [6, 6.07) is 16.7. The van der Waals surface area contributed by atoms with Crippen molar-refractivity contribution in [3.8, 4) is 6.07 Å². The van der Waals surface area contributed by atoms with Crippen LogP contribution in [0.2, 0.25) is 0 Å². The molecule has 3 aromatic rings. The number of hydrogen-bond acceptors (Lipinski definition) is 7. The number of benzene rings is 2. The van der Waals surface area contributed by atoms with E-state index < -0.39 is 11.9 Å². The van der Waals surface area contributed by atoms with E-state index in [1.54, 1.807) is 60.4 Å². The lowest BCUT2D eigenvalue weighted by Crippen LogP contribution is -2.39. The maximum absolute atomic E-state index is 12.8. The zero-order valence-corrected chi connectivity index (χ0v) is 15.8. The summed E-state index contributed by atoms with van der Waals surface area (Å²) in [4.78, 5) is 30.8. The molecule has 7 nitrogen and oxygen atoms in total. The average Bonchev–Trinajstić information content (AvgIpc) is 3.09. The molecule has 0 aliphatic rings. The first-order chi connectivity index (χ1) is 13.4. The lowest BCUT2D eigenvalue weighted by atomic mass is 10.1. The second kappa shape index (κ2) is 7.90. The van der Waals surface area contributed by atoms with E-state index in [-0.39, 0.29) is 16.5 Å². The number of hydrogen-bond donors (Lipinski definition) is 2. The normalized spacial score (nSPS) is 11.4. The first-order valence-electron chi connectivity index (χ1n) is 8.37. The number of carbonyl (C=O) groups excluding carboxylic acids is 2. The van der Waals surface area contributed by atoms with E-state index in [1.807, 2.05) is 12.1 Å². The van der Waals surface area contributed by atoms with E-state index in [9.17, 15) is 9.59 Å². The Hall–Kier alpha value is -3.70. The molecule has 0 saturated carbocycles.